The molecular formula is C22H27FIN5O2. The highest BCUT2D eigenvalue weighted by atomic mass is 127. The van der Waals surface area contributed by atoms with Gasteiger partial charge in [-0.15, -0.1) is 24.0 Å². The molecule has 0 unspecified atom stereocenters. The van der Waals surface area contributed by atoms with Crippen LogP contribution in [0.5, 0.6) is 0 Å². The Balaban J connectivity index is 0.00000341. The number of rotatable bonds is 6. The fourth-order valence-corrected chi connectivity index (χ4v) is 3.18. The van der Waals surface area contributed by atoms with Crippen molar-refractivity contribution in [3.05, 3.63) is 71.0 Å². The summed E-state index contributed by atoms with van der Waals surface area (Å²) in [4.78, 5) is 29.7. The number of nitrogens with one attached hydrogen (secondary N) is 3. The average Bonchev–Trinajstić information content (AvgIpc) is 2.77. The molecule has 3 rings (SSSR count). The number of guanidine groups is 1. The first-order valence-electron chi connectivity index (χ1n) is 9.89. The largest absolute Gasteiger partial charge is 0.356 e. The van der Waals surface area contributed by atoms with Crippen molar-refractivity contribution in [3.63, 3.8) is 0 Å². The second-order valence-electron chi connectivity index (χ2n) is 6.97. The Kier molecular flexibility index (Phi) is 9.70. The Bertz CT molecular complexity index is 920. The summed E-state index contributed by atoms with van der Waals surface area (Å²) in [6, 6.07) is 14.0. The molecule has 1 fully saturated rings. The van der Waals surface area contributed by atoms with Crippen molar-refractivity contribution in [1.82, 2.24) is 20.9 Å². The van der Waals surface area contributed by atoms with Crippen molar-refractivity contribution in [2.45, 2.75) is 13.0 Å². The van der Waals surface area contributed by atoms with Crippen LogP contribution in [0.1, 0.15) is 21.5 Å². The fraction of sp³-hybridized carbons (Fsp3) is 0.318. The second-order valence-corrected chi connectivity index (χ2v) is 6.97. The molecule has 0 radical (unpaired) electrons. The van der Waals surface area contributed by atoms with Crippen LogP contribution in [0.2, 0.25) is 0 Å². The van der Waals surface area contributed by atoms with E-state index in [0.717, 1.165) is 5.56 Å². The van der Waals surface area contributed by atoms with Gasteiger partial charge in [-0.1, -0.05) is 30.3 Å². The Hall–Kier alpha value is -2.69. The molecular weight excluding hydrogens is 512 g/mol. The highest BCUT2D eigenvalue weighted by Gasteiger charge is 2.22. The van der Waals surface area contributed by atoms with E-state index >= 15 is 0 Å². The van der Waals surface area contributed by atoms with Gasteiger partial charge >= 0.3 is 0 Å². The highest BCUT2D eigenvalue weighted by molar-refractivity contribution is 14.0. The number of hydrogen-bond acceptors (Lipinski definition) is 3. The molecule has 0 bridgehead atoms. The minimum Gasteiger partial charge on any atom is -0.356 e. The standard InChI is InChI=1S/C22H26FN5O2.HI/c1-24-22(26-11-10-17-4-2-3-5-19(17)23)27-14-16-6-8-18(9-7-16)21(30)28-13-12-25-20(29)15-28;/h2-9H,10-15H2,1H3,(H,25,29)(H2,24,26,27);1H. The molecule has 3 N–H and O–H groups in total. The van der Waals surface area contributed by atoms with Gasteiger partial charge in [0.1, 0.15) is 5.82 Å². The van der Waals surface area contributed by atoms with Crippen molar-refractivity contribution in [2.24, 2.45) is 4.99 Å². The first kappa shape index (κ1) is 24.6. The van der Waals surface area contributed by atoms with Crippen LogP contribution in [0.4, 0.5) is 4.39 Å². The van der Waals surface area contributed by atoms with E-state index in [2.05, 4.69) is 20.9 Å². The number of benzene rings is 2. The van der Waals surface area contributed by atoms with Crippen LogP contribution in [-0.4, -0.2) is 55.9 Å². The van der Waals surface area contributed by atoms with Crippen molar-refractivity contribution in [3.8, 4) is 0 Å². The first-order chi connectivity index (χ1) is 14.6. The molecule has 0 spiro atoms. The smallest absolute Gasteiger partial charge is 0.254 e. The minimum absolute atomic E-state index is 0. The monoisotopic (exact) mass is 539 g/mol. The molecule has 2 aromatic carbocycles. The van der Waals surface area contributed by atoms with E-state index in [4.69, 9.17) is 0 Å². The summed E-state index contributed by atoms with van der Waals surface area (Å²) in [7, 11) is 1.68. The Labute approximate surface area is 198 Å². The zero-order valence-corrected chi connectivity index (χ0v) is 19.7. The molecule has 1 aliphatic heterocycles. The summed E-state index contributed by atoms with van der Waals surface area (Å²) in [5.41, 5.74) is 2.20. The Morgan fingerprint density at radius 1 is 1.16 bits per heavy atom. The summed E-state index contributed by atoms with van der Waals surface area (Å²) in [6.07, 6.45) is 0.554. The number of piperazine rings is 1. The van der Waals surface area contributed by atoms with Crippen LogP contribution in [0.3, 0.4) is 0 Å². The lowest BCUT2D eigenvalue weighted by Gasteiger charge is -2.26. The van der Waals surface area contributed by atoms with E-state index in [1.807, 2.05) is 18.2 Å². The van der Waals surface area contributed by atoms with Crippen molar-refractivity contribution in [1.29, 1.82) is 0 Å². The maximum atomic E-state index is 13.7. The number of carbonyl (C=O) groups excluding carboxylic acids is 2. The highest BCUT2D eigenvalue weighted by Crippen LogP contribution is 2.09. The number of aliphatic imine (C=N–C) groups is 1. The molecule has 0 atom stereocenters. The lowest BCUT2D eigenvalue weighted by atomic mass is 10.1. The van der Waals surface area contributed by atoms with E-state index < -0.39 is 0 Å². The molecule has 0 aliphatic carbocycles. The van der Waals surface area contributed by atoms with E-state index in [-0.39, 0.29) is 48.2 Å². The number of carbonyl (C=O) groups is 2. The third-order valence-corrected chi connectivity index (χ3v) is 4.85. The quantitative estimate of drug-likeness (QED) is 0.298. The van der Waals surface area contributed by atoms with Gasteiger partial charge in [-0.3, -0.25) is 14.6 Å². The summed E-state index contributed by atoms with van der Waals surface area (Å²) in [5, 5.41) is 9.08. The summed E-state index contributed by atoms with van der Waals surface area (Å²) in [6.45, 7) is 2.17. The van der Waals surface area contributed by atoms with E-state index in [1.165, 1.54) is 6.07 Å². The lowest BCUT2D eigenvalue weighted by Crippen LogP contribution is -2.49. The molecule has 31 heavy (non-hydrogen) atoms. The van der Waals surface area contributed by atoms with Crippen LogP contribution in [-0.2, 0) is 17.8 Å². The third kappa shape index (κ3) is 7.20. The molecule has 7 nitrogen and oxygen atoms in total. The molecule has 2 amide bonds. The summed E-state index contributed by atoms with van der Waals surface area (Å²) in [5.74, 6) is 0.132. The van der Waals surface area contributed by atoms with Crippen LogP contribution in [0.15, 0.2) is 53.5 Å². The molecule has 0 aromatic heterocycles. The SMILES string of the molecule is CN=C(NCCc1ccccc1F)NCc1ccc(C(=O)N2CCNC(=O)C2)cc1.I. The molecule has 2 aromatic rings. The average molecular weight is 539 g/mol. The maximum Gasteiger partial charge on any atom is 0.254 e. The number of halogens is 2. The Morgan fingerprint density at radius 2 is 1.90 bits per heavy atom. The number of nitrogens with zero attached hydrogens (tertiary/aromatic N) is 2. The van der Waals surface area contributed by atoms with Gasteiger partial charge in [0.2, 0.25) is 5.91 Å². The first-order valence-corrected chi connectivity index (χ1v) is 9.89. The Morgan fingerprint density at radius 3 is 2.58 bits per heavy atom. The molecule has 1 aliphatic rings. The van der Waals surface area contributed by atoms with Gasteiger partial charge in [0, 0.05) is 38.8 Å². The maximum absolute atomic E-state index is 13.7. The van der Waals surface area contributed by atoms with Gasteiger partial charge in [0.25, 0.3) is 5.91 Å². The topological polar surface area (TPSA) is 85.8 Å². The molecule has 1 heterocycles. The van der Waals surface area contributed by atoms with E-state index in [1.54, 1.807) is 36.2 Å². The molecule has 0 saturated carbocycles. The fourth-order valence-electron chi connectivity index (χ4n) is 3.18. The van der Waals surface area contributed by atoms with Gasteiger partial charge in [0.05, 0.1) is 6.54 Å². The number of hydrogen-bond donors (Lipinski definition) is 3. The zero-order chi connectivity index (χ0) is 21.3. The minimum atomic E-state index is -0.206. The van der Waals surface area contributed by atoms with Gasteiger partial charge in [0.15, 0.2) is 5.96 Å². The number of amides is 2. The van der Waals surface area contributed by atoms with Crippen molar-refractivity contribution < 1.29 is 14.0 Å². The van der Waals surface area contributed by atoms with Crippen molar-refractivity contribution in [2.75, 3.05) is 33.2 Å². The van der Waals surface area contributed by atoms with E-state index in [0.29, 0.717) is 49.7 Å². The zero-order valence-electron chi connectivity index (χ0n) is 17.4. The van der Waals surface area contributed by atoms with Crippen LogP contribution in [0, 0.1) is 5.82 Å². The summed E-state index contributed by atoms with van der Waals surface area (Å²) < 4.78 is 13.7. The van der Waals surface area contributed by atoms with Crippen LogP contribution in [0.25, 0.3) is 0 Å². The van der Waals surface area contributed by atoms with Crippen LogP contribution < -0.4 is 16.0 Å². The van der Waals surface area contributed by atoms with Gasteiger partial charge in [-0.25, -0.2) is 4.39 Å². The van der Waals surface area contributed by atoms with Crippen molar-refractivity contribution >= 4 is 41.8 Å². The third-order valence-electron chi connectivity index (χ3n) is 4.85. The molecule has 166 valence electrons. The van der Waals surface area contributed by atoms with E-state index in [9.17, 15) is 14.0 Å². The predicted octanol–water partition coefficient (Wildman–Crippen LogP) is 1.92. The predicted molar refractivity (Wildman–Crippen MR) is 129 cm³/mol. The summed E-state index contributed by atoms with van der Waals surface area (Å²) >= 11 is 0. The normalized spacial score (nSPS) is 13.8. The second kappa shape index (κ2) is 12.2. The lowest BCUT2D eigenvalue weighted by molar-refractivity contribution is -0.123. The molecule has 9 heteroatoms. The molecule has 1 saturated heterocycles. The van der Waals surface area contributed by atoms with Crippen LogP contribution >= 0.6 is 24.0 Å². The van der Waals surface area contributed by atoms with Gasteiger partial charge in [-0.2, -0.15) is 0 Å². The van der Waals surface area contributed by atoms with Gasteiger partial charge < -0.3 is 20.9 Å². The van der Waals surface area contributed by atoms with Gasteiger partial charge in [-0.05, 0) is 35.7 Å².